The predicted octanol–water partition coefficient (Wildman–Crippen LogP) is 4.60. The summed E-state index contributed by atoms with van der Waals surface area (Å²) in [6, 6.07) is 12.7. The first-order valence-corrected chi connectivity index (χ1v) is 9.28. The maximum absolute atomic E-state index is 12.7. The quantitative estimate of drug-likeness (QED) is 0.816. The van der Waals surface area contributed by atoms with Crippen molar-refractivity contribution in [2.75, 3.05) is 11.9 Å². The zero-order chi connectivity index (χ0) is 18.3. The second kappa shape index (κ2) is 6.44. The van der Waals surface area contributed by atoms with Gasteiger partial charge in [0.2, 0.25) is 0 Å². The highest BCUT2D eigenvalue weighted by Gasteiger charge is 2.23. The zero-order valence-corrected chi connectivity index (χ0v) is 15.8. The summed E-state index contributed by atoms with van der Waals surface area (Å²) in [5, 5.41) is 3.05. The van der Waals surface area contributed by atoms with Gasteiger partial charge in [-0.3, -0.25) is 0 Å². The second-order valence-corrected chi connectivity index (χ2v) is 8.31. The van der Waals surface area contributed by atoms with Crippen molar-refractivity contribution in [3.8, 4) is 0 Å². The largest absolute Gasteiger partial charge is 0.372 e. The molecule has 136 valence electrons. The number of anilines is 1. The molecule has 0 saturated heterocycles. The Bertz CT molecular complexity index is 852. The SMILES string of the molecule is CC(C)(C)c1ccc2c(c1)CN(C(=O)Nc1ccc3c(c1)COC3)CC2. The van der Waals surface area contributed by atoms with E-state index in [4.69, 9.17) is 4.74 Å². The molecule has 2 aliphatic heterocycles. The van der Waals surface area contributed by atoms with Crippen LogP contribution in [-0.2, 0) is 36.3 Å². The van der Waals surface area contributed by atoms with E-state index in [2.05, 4.69) is 44.3 Å². The number of hydrogen-bond acceptors (Lipinski definition) is 2. The van der Waals surface area contributed by atoms with Crippen molar-refractivity contribution in [2.45, 2.75) is 52.4 Å². The number of carbonyl (C=O) groups is 1. The fourth-order valence-electron chi connectivity index (χ4n) is 3.65. The van der Waals surface area contributed by atoms with E-state index in [1.807, 2.05) is 23.1 Å². The lowest BCUT2D eigenvalue weighted by Crippen LogP contribution is -2.39. The minimum absolute atomic E-state index is 0.0318. The summed E-state index contributed by atoms with van der Waals surface area (Å²) < 4.78 is 5.45. The molecule has 0 fully saturated rings. The van der Waals surface area contributed by atoms with Crippen LogP contribution in [0.1, 0.15) is 48.6 Å². The summed E-state index contributed by atoms with van der Waals surface area (Å²) in [5.41, 5.74) is 7.28. The number of nitrogens with zero attached hydrogens (tertiary/aromatic N) is 1. The molecule has 4 heteroatoms. The normalized spacial score (nSPS) is 16.2. The highest BCUT2D eigenvalue weighted by Crippen LogP contribution is 2.28. The molecular weight excluding hydrogens is 324 g/mol. The lowest BCUT2D eigenvalue weighted by molar-refractivity contribution is 0.134. The fraction of sp³-hybridized carbons (Fsp3) is 0.409. The molecule has 0 saturated carbocycles. The highest BCUT2D eigenvalue weighted by molar-refractivity contribution is 5.89. The van der Waals surface area contributed by atoms with Crippen LogP contribution in [0.2, 0.25) is 0 Å². The maximum Gasteiger partial charge on any atom is 0.322 e. The maximum atomic E-state index is 12.7. The topological polar surface area (TPSA) is 41.6 Å². The van der Waals surface area contributed by atoms with Gasteiger partial charge < -0.3 is 15.0 Å². The third kappa shape index (κ3) is 3.34. The van der Waals surface area contributed by atoms with Crippen LogP contribution in [0.25, 0.3) is 0 Å². The average Bonchev–Trinajstić information content (AvgIpc) is 3.07. The van der Waals surface area contributed by atoms with Gasteiger partial charge in [-0.1, -0.05) is 45.0 Å². The summed E-state index contributed by atoms with van der Waals surface area (Å²) in [7, 11) is 0. The van der Waals surface area contributed by atoms with Gasteiger partial charge >= 0.3 is 6.03 Å². The van der Waals surface area contributed by atoms with Gasteiger partial charge in [-0.15, -0.1) is 0 Å². The van der Waals surface area contributed by atoms with Crippen molar-refractivity contribution in [1.82, 2.24) is 4.90 Å². The Labute approximate surface area is 155 Å². The Morgan fingerprint density at radius 2 is 1.77 bits per heavy atom. The smallest absolute Gasteiger partial charge is 0.322 e. The number of ether oxygens (including phenoxy) is 1. The third-order valence-corrected chi connectivity index (χ3v) is 5.34. The van der Waals surface area contributed by atoms with E-state index in [1.54, 1.807) is 0 Å². The molecule has 0 bridgehead atoms. The Hall–Kier alpha value is -2.33. The minimum atomic E-state index is -0.0318. The summed E-state index contributed by atoms with van der Waals surface area (Å²) in [6.45, 7) is 9.38. The molecule has 26 heavy (non-hydrogen) atoms. The fourth-order valence-corrected chi connectivity index (χ4v) is 3.65. The number of fused-ring (bicyclic) bond motifs is 2. The van der Waals surface area contributed by atoms with Crippen LogP contribution < -0.4 is 5.32 Å². The summed E-state index contributed by atoms with van der Waals surface area (Å²) in [4.78, 5) is 14.6. The van der Waals surface area contributed by atoms with Crippen molar-refractivity contribution < 1.29 is 9.53 Å². The molecule has 2 aromatic rings. The number of nitrogens with one attached hydrogen (secondary N) is 1. The lowest BCUT2D eigenvalue weighted by Gasteiger charge is -2.30. The standard InChI is InChI=1S/C22H26N2O2/c1-22(2,3)19-6-4-15-8-9-24(12-17(15)10-19)21(25)23-20-7-5-16-13-26-14-18(16)11-20/h4-7,10-11H,8-9,12-14H2,1-3H3,(H,23,25). The molecule has 0 unspecified atom stereocenters. The summed E-state index contributed by atoms with van der Waals surface area (Å²) >= 11 is 0. The third-order valence-electron chi connectivity index (χ3n) is 5.34. The van der Waals surface area contributed by atoms with Crippen molar-refractivity contribution in [2.24, 2.45) is 0 Å². The van der Waals surface area contributed by atoms with Gasteiger partial charge in [0.05, 0.1) is 13.2 Å². The molecular formula is C22H26N2O2. The molecule has 4 nitrogen and oxygen atoms in total. The molecule has 2 amide bonds. The van der Waals surface area contributed by atoms with E-state index in [1.165, 1.54) is 27.8 Å². The molecule has 0 aromatic heterocycles. The van der Waals surface area contributed by atoms with Crippen molar-refractivity contribution in [1.29, 1.82) is 0 Å². The first-order chi connectivity index (χ1) is 12.4. The Morgan fingerprint density at radius 1 is 1.00 bits per heavy atom. The number of carbonyl (C=O) groups excluding carboxylic acids is 1. The Balaban J connectivity index is 1.48. The van der Waals surface area contributed by atoms with E-state index in [0.29, 0.717) is 19.8 Å². The molecule has 0 aliphatic carbocycles. The molecule has 2 heterocycles. The number of benzene rings is 2. The van der Waals surface area contributed by atoms with Crippen molar-refractivity contribution in [3.05, 3.63) is 64.2 Å². The predicted molar refractivity (Wildman–Crippen MR) is 103 cm³/mol. The molecule has 0 radical (unpaired) electrons. The van der Waals surface area contributed by atoms with Crippen LogP contribution in [0, 0.1) is 0 Å². The minimum Gasteiger partial charge on any atom is -0.372 e. The van der Waals surface area contributed by atoms with Crippen molar-refractivity contribution >= 4 is 11.7 Å². The second-order valence-electron chi connectivity index (χ2n) is 8.31. The van der Waals surface area contributed by atoms with Gasteiger partial charge in [-0.05, 0) is 51.8 Å². The molecule has 1 N–H and O–H groups in total. The molecule has 2 aliphatic rings. The number of hydrogen-bond donors (Lipinski definition) is 1. The summed E-state index contributed by atoms with van der Waals surface area (Å²) in [6.07, 6.45) is 0.908. The lowest BCUT2D eigenvalue weighted by atomic mass is 9.84. The van der Waals surface area contributed by atoms with E-state index < -0.39 is 0 Å². The Kier molecular flexibility index (Phi) is 4.23. The zero-order valence-electron chi connectivity index (χ0n) is 15.8. The first kappa shape index (κ1) is 17.1. The van der Waals surface area contributed by atoms with E-state index in [0.717, 1.165) is 18.7 Å². The average molecular weight is 350 g/mol. The first-order valence-electron chi connectivity index (χ1n) is 9.28. The van der Waals surface area contributed by atoms with Crippen LogP contribution in [0.4, 0.5) is 10.5 Å². The van der Waals surface area contributed by atoms with Crippen LogP contribution >= 0.6 is 0 Å². The monoisotopic (exact) mass is 350 g/mol. The van der Waals surface area contributed by atoms with Crippen LogP contribution in [0.15, 0.2) is 36.4 Å². The Morgan fingerprint density at radius 3 is 2.58 bits per heavy atom. The van der Waals surface area contributed by atoms with Gasteiger partial charge in [0, 0.05) is 18.8 Å². The summed E-state index contributed by atoms with van der Waals surface area (Å²) in [5.74, 6) is 0. The van der Waals surface area contributed by atoms with E-state index >= 15 is 0 Å². The molecule has 0 atom stereocenters. The molecule has 4 rings (SSSR count). The van der Waals surface area contributed by atoms with E-state index in [9.17, 15) is 4.79 Å². The van der Waals surface area contributed by atoms with Crippen LogP contribution in [-0.4, -0.2) is 17.5 Å². The molecule has 2 aromatic carbocycles. The van der Waals surface area contributed by atoms with Gasteiger partial charge in [-0.2, -0.15) is 0 Å². The number of rotatable bonds is 1. The van der Waals surface area contributed by atoms with E-state index in [-0.39, 0.29) is 11.4 Å². The van der Waals surface area contributed by atoms with Gasteiger partial charge in [0.1, 0.15) is 0 Å². The molecule has 0 spiro atoms. The van der Waals surface area contributed by atoms with Gasteiger partial charge in [-0.25, -0.2) is 4.79 Å². The van der Waals surface area contributed by atoms with Crippen LogP contribution in [0.5, 0.6) is 0 Å². The van der Waals surface area contributed by atoms with Crippen molar-refractivity contribution in [3.63, 3.8) is 0 Å². The van der Waals surface area contributed by atoms with Gasteiger partial charge in [0.25, 0.3) is 0 Å². The van der Waals surface area contributed by atoms with Crippen LogP contribution in [0.3, 0.4) is 0 Å². The number of urea groups is 1. The number of amides is 2. The van der Waals surface area contributed by atoms with Gasteiger partial charge in [0.15, 0.2) is 0 Å². The highest BCUT2D eigenvalue weighted by atomic mass is 16.5.